The predicted octanol–water partition coefficient (Wildman–Crippen LogP) is 2.45. The average Bonchev–Trinajstić information content (AvgIpc) is 2.69. The number of thioether (sulfide) groups is 1. The van der Waals surface area contributed by atoms with Crippen molar-refractivity contribution in [3.8, 4) is 5.75 Å². The summed E-state index contributed by atoms with van der Waals surface area (Å²) >= 11 is 1.46. The first-order valence-corrected chi connectivity index (χ1v) is 9.55. The summed E-state index contributed by atoms with van der Waals surface area (Å²) in [4.78, 5) is 23.3. The largest absolute Gasteiger partial charge is 0.497 e. The molecule has 0 spiro atoms. The fraction of sp³-hybridized carbons (Fsp3) is 0.316. The monoisotopic (exact) mass is 384 g/mol. The van der Waals surface area contributed by atoms with Crippen LogP contribution in [-0.2, 0) is 4.79 Å². The molecular formula is C19H20N4O3S. The molecule has 8 heteroatoms. The summed E-state index contributed by atoms with van der Waals surface area (Å²) in [5.41, 5.74) is 5.29. The van der Waals surface area contributed by atoms with Crippen LogP contribution in [0.1, 0.15) is 25.1 Å². The number of pyridine rings is 1. The van der Waals surface area contributed by atoms with Crippen molar-refractivity contribution in [3.63, 3.8) is 0 Å². The lowest BCUT2D eigenvalue weighted by Gasteiger charge is -2.41. The molecule has 1 aromatic heterocycles. The molecule has 2 aromatic rings. The van der Waals surface area contributed by atoms with Crippen LogP contribution in [0, 0.1) is 0 Å². The molecule has 7 nitrogen and oxygen atoms in total. The molecule has 27 heavy (non-hydrogen) atoms. The smallest absolute Gasteiger partial charge is 0.256 e. The molecule has 3 heterocycles. The summed E-state index contributed by atoms with van der Waals surface area (Å²) in [6.45, 7) is 1.58. The van der Waals surface area contributed by atoms with Crippen LogP contribution < -0.4 is 10.2 Å². The molecular weight excluding hydrogens is 364 g/mol. The van der Waals surface area contributed by atoms with E-state index in [1.165, 1.54) is 16.8 Å². The van der Waals surface area contributed by atoms with Crippen LogP contribution in [-0.4, -0.2) is 45.3 Å². The van der Waals surface area contributed by atoms with Gasteiger partial charge < -0.3 is 9.84 Å². The van der Waals surface area contributed by atoms with E-state index in [0.717, 1.165) is 27.7 Å². The second-order valence-corrected chi connectivity index (χ2v) is 7.57. The highest BCUT2D eigenvalue weighted by Crippen LogP contribution is 2.44. The van der Waals surface area contributed by atoms with E-state index in [2.05, 4.69) is 10.4 Å². The van der Waals surface area contributed by atoms with Gasteiger partial charge in [-0.1, -0.05) is 6.07 Å². The van der Waals surface area contributed by atoms with Gasteiger partial charge >= 0.3 is 0 Å². The lowest BCUT2D eigenvalue weighted by atomic mass is 9.97. The number of nitrogens with one attached hydrogen (secondary N) is 1. The third kappa shape index (κ3) is 3.43. The molecule has 1 aromatic carbocycles. The Morgan fingerprint density at radius 3 is 2.93 bits per heavy atom. The third-order valence-corrected chi connectivity index (χ3v) is 5.80. The Balaban J connectivity index is 1.73. The minimum absolute atomic E-state index is 0.143. The summed E-state index contributed by atoms with van der Waals surface area (Å²) in [5.74, 6) is 0.587. The number of hydrogen-bond donors (Lipinski definition) is 2. The minimum atomic E-state index is -0.861. The number of amides is 1. The lowest BCUT2D eigenvalue weighted by Crippen LogP contribution is -2.57. The van der Waals surface area contributed by atoms with Gasteiger partial charge in [0.25, 0.3) is 5.91 Å². The van der Waals surface area contributed by atoms with Gasteiger partial charge in [-0.15, -0.1) is 11.8 Å². The second kappa shape index (κ2) is 7.30. The number of rotatable bonds is 4. The highest BCUT2D eigenvalue weighted by molar-refractivity contribution is 8.01. The Labute approximate surface area is 161 Å². The van der Waals surface area contributed by atoms with Gasteiger partial charge in [0, 0.05) is 23.2 Å². The Hall–Kier alpha value is -2.42. The van der Waals surface area contributed by atoms with Gasteiger partial charge in [0.05, 0.1) is 24.5 Å². The van der Waals surface area contributed by atoms with Crippen molar-refractivity contribution in [3.05, 3.63) is 48.3 Å². The van der Waals surface area contributed by atoms with Gasteiger partial charge in [0.2, 0.25) is 0 Å². The fourth-order valence-corrected chi connectivity index (χ4v) is 4.47. The van der Waals surface area contributed by atoms with Crippen molar-refractivity contribution >= 4 is 29.1 Å². The number of aliphatic imine (C=N–C) groups is 1. The van der Waals surface area contributed by atoms with E-state index in [9.17, 15) is 9.90 Å². The number of piperidine rings is 1. The van der Waals surface area contributed by atoms with E-state index in [4.69, 9.17) is 9.73 Å². The highest BCUT2D eigenvalue weighted by atomic mass is 32.2. The van der Waals surface area contributed by atoms with Crippen molar-refractivity contribution in [2.24, 2.45) is 4.99 Å². The van der Waals surface area contributed by atoms with E-state index in [0.29, 0.717) is 6.42 Å². The SMILES string of the molecule is COc1ccc2c(c1)SC1C(=O)N(NC(C)O)C(c3ccccn3)CC1=N2. The average molecular weight is 384 g/mol. The summed E-state index contributed by atoms with van der Waals surface area (Å²) in [5, 5.41) is 10.9. The van der Waals surface area contributed by atoms with Crippen LogP contribution in [0.15, 0.2) is 52.5 Å². The minimum Gasteiger partial charge on any atom is -0.497 e. The number of methoxy groups -OCH3 is 1. The predicted molar refractivity (Wildman–Crippen MR) is 103 cm³/mol. The van der Waals surface area contributed by atoms with Gasteiger partial charge in [-0.2, -0.15) is 0 Å². The summed E-state index contributed by atoms with van der Waals surface area (Å²) in [6, 6.07) is 10.9. The Morgan fingerprint density at radius 2 is 2.22 bits per heavy atom. The summed E-state index contributed by atoms with van der Waals surface area (Å²) in [6.07, 6.45) is 1.39. The zero-order valence-electron chi connectivity index (χ0n) is 15.0. The van der Waals surface area contributed by atoms with Crippen LogP contribution >= 0.6 is 11.8 Å². The number of hydrazine groups is 1. The maximum absolute atomic E-state index is 13.2. The number of aromatic nitrogens is 1. The number of nitrogens with zero attached hydrogens (tertiary/aromatic N) is 3. The fourth-order valence-electron chi connectivity index (χ4n) is 3.30. The number of fused-ring (bicyclic) bond motifs is 2. The van der Waals surface area contributed by atoms with Gasteiger partial charge in [0.15, 0.2) is 0 Å². The van der Waals surface area contributed by atoms with Crippen molar-refractivity contribution in [1.82, 2.24) is 15.4 Å². The maximum Gasteiger partial charge on any atom is 0.256 e. The molecule has 1 fully saturated rings. The molecule has 2 aliphatic rings. The molecule has 140 valence electrons. The first-order valence-electron chi connectivity index (χ1n) is 8.67. The summed E-state index contributed by atoms with van der Waals surface area (Å²) in [7, 11) is 1.61. The van der Waals surface area contributed by atoms with Crippen LogP contribution in [0.5, 0.6) is 5.75 Å². The molecule has 3 atom stereocenters. The first-order chi connectivity index (χ1) is 13.1. The lowest BCUT2D eigenvalue weighted by molar-refractivity contribution is -0.141. The van der Waals surface area contributed by atoms with Gasteiger partial charge in [-0.3, -0.25) is 19.8 Å². The topological polar surface area (TPSA) is 87.0 Å². The van der Waals surface area contributed by atoms with E-state index < -0.39 is 11.5 Å². The number of hydrogen-bond acceptors (Lipinski definition) is 7. The van der Waals surface area contributed by atoms with Gasteiger partial charge in [-0.25, -0.2) is 5.43 Å². The number of aliphatic hydroxyl groups excluding tert-OH is 1. The molecule has 0 bridgehead atoms. The molecule has 0 radical (unpaired) electrons. The molecule has 0 aliphatic carbocycles. The van der Waals surface area contributed by atoms with E-state index in [-0.39, 0.29) is 11.9 Å². The number of ether oxygens (including phenoxy) is 1. The van der Waals surface area contributed by atoms with Crippen LogP contribution in [0.2, 0.25) is 0 Å². The third-order valence-electron chi connectivity index (χ3n) is 4.51. The number of benzene rings is 1. The number of aliphatic hydroxyl groups is 1. The van der Waals surface area contributed by atoms with Crippen LogP contribution in [0.25, 0.3) is 0 Å². The quantitative estimate of drug-likeness (QED) is 0.788. The van der Waals surface area contributed by atoms with E-state index >= 15 is 0 Å². The van der Waals surface area contributed by atoms with E-state index in [1.54, 1.807) is 20.2 Å². The first kappa shape index (κ1) is 18.0. The summed E-state index contributed by atoms with van der Waals surface area (Å²) < 4.78 is 5.28. The normalized spacial score (nSPS) is 22.6. The maximum atomic E-state index is 13.2. The Bertz CT molecular complexity index is 888. The standard InChI is InChI=1S/C19H20N4O3S/c1-11(24)22-23-16(13-5-3-4-8-20-13)10-15-18(19(23)25)27-17-9-12(26-2)6-7-14(17)21-15/h3-9,11,16,18,22,24H,10H2,1-2H3. The number of carbonyl (C=O) groups excluding carboxylic acids is 1. The molecule has 2 aliphatic heterocycles. The Kier molecular flexibility index (Phi) is 4.86. The van der Waals surface area contributed by atoms with Gasteiger partial charge in [-0.05, 0) is 37.3 Å². The highest BCUT2D eigenvalue weighted by Gasteiger charge is 2.43. The van der Waals surface area contributed by atoms with Crippen molar-refractivity contribution < 1.29 is 14.6 Å². The Morgan fingerprint density at radius 1 is 1.37 bits per heavy atom. The second-order valence-electron chi connectivity index (χ2n) is 6.42. The molecule has 4 rings (SSSR count). The molecule has 1 saturated heterocycles. The molecule has 1 amide bonds. The number of carbonyl (C=O) groups is 1. The van der Waals surface area contributed by atoms with E-state index in [1.807, 2.05) is 36.4 Å². The van der Waals surface area contributed by atoms with Crippen LogP contribution in [0.4, 0.5) is 5.69 Å². The van der Waals surface area contributed by atoms with Gasteiger partial charge in [0.1, 0.15) is 17.2 Å². The molecule has 3 unspecified atom stereocenters. The molecule has 0 saturated carbocycles. The molecule has 2 N–H and O–H groups in total. The van der Waals surface area contributed by atoms with Crippen molar-refractivity contribution in [2.75, 3.05) is 7.11 Å². The zero-order chi connectivity index (χ0) is 19.0. The zero-order valence-corrected chi connectivity index (χ0v) is 15.8. The van der Waals surface area contributed by atoms with Crippen LogP contribution in [0.3, 0.4) is 0 Å². The van der Waals surface area contributed by atoms with Crippen molar-refractivity contribution in [1.29, 1.82) is 0 Å². The van der Waals surface area contributed by atoms with Crippen molar-refractivity contribution in [2.45, 2.75) is 35.8 Å².